The normalized spacial score (nSPS) is 11.0. The van der Waals surface area contributed by atoms with Crippen LogP contribution in [0.25, 0.3) is 11.0 Å². The number of aryl methyl sites for hydroxylation is 1. The first-order valence-electron chi connectivity index (χ1n) is 6.80. The highest BCUT2D eigenvalue weighted by atomic mass is 79.9. The Labute approximate surface area is 131 Å². The molecule has 0 aliphatic carbocycles. The molecule has 4 heteroatoms. The Bertz CT molecular complexity index is 790. The van der Waals surface area contributed by atoms with Crippen LogP contribution in [0.3, 0.4) is 0 Å². The molecule has 106 valence electrons. The number of hydrogen-bond acceptors (Lipinski definition) is 2. The van der Waals surface area contributed by atoms with Gasteiger partial charge in [-0.05, 0) is 29.8 Å². The molecule has 3 rings (SSSR count). The number of para-hydroxylation sites is 2. The summed E-state index contributed by atoms with van der Waals surface area (Å²) in [4.78, 5) is 16.8. The molecule has 1 aromatic heterocycles. The van der Waals surface area contributed by atoms with Gasteiger partial charge in [0, 0.05) is 17.9 Å². The molecule has 0 radical (unpaired) electrons. The van der Waals surface area contributed by atoms with Gasteiger partial charge in [-0.2, -0.15) is 0 Å². The first-order valence-corrected chi connectivity index (χ1v) is 7.59. The lowest BCUT2D eigenvalue weighted by atomic mass is 10.1. The van der Waals surface area contributed by atoms with Gasteiger partial charge in [0.05, 0.1) is 17.5 Å². The minimum Gasteiger partial charge on any atom is -0.331 e. The van der Waals surface area contributed by atoms with Gasteiger partial charge in [0.2, 0.25) is 0 Å². The first-order chi connectivity index (χ1) is 10.1. The summed E-state index contributed by atoms with van der Waals surface area (Å²) < 4.78 is 3.02. The van der Waals surface area contributed by atoms with E-state index in [9.17, 15) is 4.79 Å². The average molecular weight is 343 g/mol. The van der Waals surface area contributed by atoms with E-state index in [-0.39, 0.29) is 5.78 Å². The maximum Gasteiger partial charge on any atom is 0.144 e. The number of hydrogen-bond donors (Lipinski definition) is 0. The highest BCUT2D eigenvalue weighted by molar-refractivity contribution is 9.10. The summed E-state index contributed by atoms with van der Waals surface area (Å²) in [6, 6.07) is 15.8. The summed E-state index contributed by atoms with van der Waals surface area (Å²) in [6.45, 7) is 0. The van der Waals surface area contributed by atoms with E-state index in [2.05, 4.69) is 20.9 Å². The van der Waals surface area contributed by atoms with Crippen LogP contribution >= 0.6 is 15.9 Å². The molecule has 0 unspecified atom stereocenters. The van der Waals surface area contributed by atoms with Crippen molar-refractivity contribution in [2.24, 2.45) is 7.05 Å². The van der Waals surface area contributed by atoms with Gasteiger partial charge in [0.1, 0.15) is 11.6 Å². The van der Waals surface area contributed by atoms with Gasteiger partial charge < -0.3 is 4.57 Å². The summed E-state index contributed by atoms with van der Waals surface area (Å²) in [5.74, 6) is 0.994. The smallest absolute Gasteiger partial charge is 0.144 e. The Morgan fingerprint density at radius 3 is 2.52 bits per heavy atom. The van der Waals surface area contributed by atoms with E-state index in [0.29, 0.717) is 12.8 Å². The molecule has 0 amide bonds. The molecule has 0 atom stereocenters. The van der Waals surface area contributed by atoms with Crippen LogP contribution in [0, 0.1) is 0 Å². The van der Waals surface area contributed by atoms with Crippen LogP contribution in [0.5, 0.6) is 0 Å². The van der Waals surface area contributed by atoms with Gasteiger partial charge in [0.15, 0.2) is 0 Å². The van der Waals surface area contributed by atoms with Crippen molar-refractivity contribution >= 4 is 32.7 Å². The van der Waals surface area contributed by atoms with E-state index in [1.54, 1.807) is 0 Å². The lowest BCUT2D eigenvalue weighted by Gasteiger charge is -2.03. The van der Waals surface area contributed by atoms with Crippen LogP contribution in [0.4, 0.5) is 0 Å². The molecular formula is C17H15BrN2O. The molecule has 2 aromatic carbocycles. The average Bonchev–Trinajstić information content (AvgIpc) is 2.78. The molecule has 0 spiro atoms. The number of fused-ring (bicyclic) bond motifs is 1. The second kappa shape index (κ2) is 5.82. The van der Waals surface area contributed by atoms with Crippen LogP contribution in [-0.2, 0) is 24.7 Å². The maximum atomic E-state index is 12.2. The van der Waals surface area contributed by atoms with Crippen molar-refractivity contribution < 1.29 is 4.79 Å². The number of ketones is 1. The zero-order valence-electron chi connectivity index (χ0n) is 11.7. The number of Topliss-reactive ketones (excluding diaryl/α,β-unsaturated/α-hetero) is 1. The molecule has 0 aliphatic rings. The Kier molecular flexibility index (Phi) is 3.88. The number of carbonyl (C=O) groups excluding carboxylic acids is 1. The Hall–Kier alpha value is -1.94. The van der Waals surface area contributed by atoms with Crippen molar-refractivity contribution in [1.82, 2.24) is 9.55 Å². The van der Waals surface area contributed by atoms with E-state index < -0.39 is 0 Å². The second-order valence-electron chi connectivity index (χ2n) is 5.09. The van der Waals surface area contributed by atoms with Crippen molar-refractivity contribution in [2.45, 2.75) is 12.8 Å². The molecule has 3 aromatic rings. The zero-order valence-corrected chi connectivity index (χ0v) is 13.3. The van der Waals surface area contributed by atoms with E-state index in [0.717, 1.165) is 26.9 Å². The van der Waals surface area contributed by atoms with Crippen LogP contribution in [0.15, 0.2) is 53.0 Å². The largest absolute Gasteiger partial charge is 0.331 e. The van der Waals surface area contributed by atoms with Gasteiger partial charge >= 0.3 is 0 Å². The quantitative estimate of drug-likeness (QED) is 0.724. The lowest BCUT2D eigenvalue weighted by molar-refractivity contribution is -0.117. The van der Waals surface area contributed by atoms with E-state index in [1.165, 1.54) is 0 Å². The number of benzene rings is 2. The lowest BCUT2D eigenvalue weighted by Crippen LogP contribution is -2.10. The molecule has 0 bridgehead atoms. The minimum atomic E-state index is 0.177. The topological polar surface area (TPSA) is 34.9 Å². The third-order valence-electron chi connectivity index (χ3n) is 3.55. The van der Waals surface area contributed by atoms with Gasteiger partial charge in [-0.1, -0.05) is 40.2 Å². The number of imidazole rings is 1. The fourth-order valence-electron chi connectivity index (χ4n) is 2.42. The molecular weight excluding hydrogens is 328 g/mol. The summed E-state index contributed by atoms with van der Waals surface area (Å²) in [5.41, 5.74) is 3.03. The van der Waals surface area contributed by atoms with Gasteiger partial charge in [0.25, 0.3) is 0 Å². The molecule has 3 nitrogen and oxygen atoms in total. The SMILES string of the molecule is Cn1c(CC(=O)Cc2ccc(Br)cc2)nc2ccccc21. The fourth-order valence-corrected chi connectivity index (χ4v) is 2.69. The number of rotatable bonds is 4. The van der Waals surface area contributed by atoms with Crippen LogP contribution in [0.1, 0.15) is 11.4 Å². The molecule has 0 aliphatic heterocycles. The Morgan fingerprint density at radius 2 is 1.81 bits per heavy atom. The van der Waals surface area contributed by atoms with Gasteiger partial charge in [-0.15, -0.1) is 0 Å². The van der Waals surface area contributed by atoms with Crippen molar-refractivity contribution in [3.63, 3.8) is 0 Å². The maximum absolute atomic E-state index is 12.2. The summed E-state index contributed by atoms with van der Waals surface area (Å²) in [6.07, 6.45) is 0.803. The molecule has 0 fully saturated rings. The zero-order chi connectivity index (χ0) is 14.8. The third-order valence-corrected chi connectivity index (χ3v) is 4.08. The van der Waals surface area contributed by atoms with Gasteiger partial charge in [-0.3, -0.25) is 4.79 Å². The van der Waals surface area contributed by atoms with Gasteiger partial charge in [-0.25, -0.2) is 4.98 Å². The monoisotopic (exact) mass is 342 g/mol. The predicted molar refractivity (Wildman–Crippen MR) is 87.3 cm³/mol. The molecule has 0 saturated heterocycles. The van der Waals surface area contributed by atoms with Crippen molar-refractivity contribution in [2.75, 3.05) is 0 Å². The molecule has 0 saturated carbocycles. The second-order valence-corrected chi connectivity index (χ2v) is 6.01. The Balaban J connectivity index is 1.77. The van der Waals surface area contributed by atoms with E-state index in [1.807, 2.05) is 60.1 Å². The van der Waals surface area contributed by atoms with Crippen molar-refractivity contribution in [1.29, 1.82) is 0 Å². The van der Waals surface area contributed by atoms with Crippen molar-refractivity contribution in [3.8, 4) is 0 Å². The molecule has 0 N–H and O–H groups in total. The van der Waals surface area contributed by atoms with E-state index >= 15 is 0 Å². The van der Waals surface area contributed by atoms with Crippen molar-refractivity contribution in [3.05, 3.63) is 64.4 Å². The number of halogens is 1. The van der Waals surface area contributed by atoms with Crippen LogP contribution < -0.4 is 0 Å². The number of carbonyl (C=O) groups is 1. The summed E-state index contributed by atoms with van der Waals surface area (Å²) in [7, 11) is 1.96. The van der Waals surface area contributed by atoms with E-state index in [4.69, 9.17) is 0 Å². The highest BCUT2D eigenvalue weighted by Crippen LogP contribution is 2.16. The number of aromatic nitrogens is 2. The van der Waals surface area contributed by atoms with Crippen LogP contribution in [-0.4, -0.2) is 15.3 Å². The Morgan fingerprint density at radius 1 is 1.10 bits per heavy atom. The molecule has 21 heavy (non-hydrogen) atoms. The third kappa shape index (κ3) is 3.05. The highest BCUT2D eigenvalue weighted by Gasteiger charge is 2.12. The first kappa shape index (κ1) is 14.0. The number of nitrogens with zero attached hydrogens (tertiary/aromatic N) is 2. The summed E-state index contributed by atoms with van der Waals surface area (Å²) >= 11 is 3.40. The minimum absolute atomic E-state index is 0.177. The summed E-state index contributed by atoms with van der Waals surface area (Å²) in [5, 5.41) is 0. The molecule has 1 heterocycles. The predicted octanol–water partition coefficient (Wildman–Crippen LogP) is 3.69. The van der Waals surface area contributed by atoms with Crippen LogP contribution in [0.2, 0.25) is 0 Å². The standard InChI is InChI=1S/C17H15BrN2O/c1-20-16-5-3-2-4-15(16)19-17(20)11-14(21)10-12-6-8-13(18)9-7-12/h2-9H,10-11H2,1H3. The fraction of sp³-hybridized carbons (Fsp3) is 0.176.